The zero-order valence-corrected chi connectivity index (χ0v) is 14.6. The Hall–Kier alpha value is -3.16. The molecule has 2 aromatic rings. The van der Waals surface area contributed by atoms with Crippen LogP contribution in [0.1, 0.15) is 12.0 Å². The van der Waals surface area contributed by atoms with E-state index in [1.165, 1.54) is 36.2 Å². The van der Waals surface area contributed by atoms with Crippen molar-refractivity contribution in [2.45, 2.75) is 19.1 Å². The summed E-state index contributed by atoms with van der Waals surface area (Å²) in [6, 6.07) is 9.97. The Kier molecular flexibility index (Phi) is 5.54. The number of benzene rings is 2. The van der Waals surface area contributed by atoms with Crippen LogP contribution in [0.4, 0.5) is 19.3 Å². The molecule has 1 atom stereocenters. The summed E-state index contributed by atoms with van der Waals surface area (Å²) in [5, 5.41) is 2.32. The van der Waals surface area contributed by atoms with Crippen molar-refractivity contribution in [3.63, 3.8) is 0 Å². The molecule has 142 valence electrons. The van der Waals surface area contributed by atoms with Gasteiger partial charge in [0.05, 0.1) is 13.0 Å². The molecule has 0 aromatic heterocycles. The molecule has 2 amide bonds. The fourth-order valence-corrected chi connectivity index (χ4v) is 2.78. The van der Waals surface area contributed by atoms with Gasteiger partial charge >= 0.3 is 6.09 Å². The standard InChI is InChI=1S/C19H18F2N2O4/c1-22-19(25)27-15-9-18(24)23(10-15)14-5-6-17(16(21)8-14)26-11-12-3-2-4-13(20)7-12/h2-8,15H,9-11H2,1H3,(H,22,25). The normalized spacial score (nSPS) is 16.3. The summed E-state index contributed by atoms with van der Waals surface area (Å²) < 4.78 is 38.0. The van der Waals surface area contributed by atoms with E-state index in [2.05, 4.69) is 5.32 Å². The molecule has 27 heavy (non-hydrogen) atoms. The van der Waals surface area contributed by atoms with Crippen molar-refractivity contribution in [1.82, 2.24) is 5.32 Å². The number of hydrogen-bond donors (Lipinski definition) is 1. The van der Waals surface area contributed by atoms with E-state index >= 15 is 0 Å². The lowest BCUT2D eigenvalue weighted by atomic mass is 10.2. The van der Waals surface area contributed by atoms with E-state index in [9.17, 15) is 18.4 Å². The highest BCUT2D eigenvalue weighted by Crippen LogP contribution is 2.28. The molecule has 0 radical (unpaired) electrons. The van der Waals surface area contributed by atoms with E-state index < -0.39 is 23.8 Å². The molecule has 1 aliphatic rings. The molecule has 3 rings (SSSR count). The van der Waals surface area contributed by atoms with E-state index in [-0.39, 0.29) is 31.2 Å². The maximum absolute atomic E-state index is 14.3. The van der Waals surface area contributed by atoms with Crippen LogP contribution in [0, 0.1) is 11.6 Å². The van der Waals surface area contributed by atoms with Crippen LogP contribution in [-0.4, -0.2) is 31.7 Å². The van der Waals surface area contributed by atoms with Crippen molar-refractivity contribution >= 4 is 17.7 Å². The molecular formula is C19H18F2N2O4. The summed E-state index contributed by atoms with van der Waals surface area (Å²) in [7, 11) is 1.43. The number of nitrogens with one attached hydrogen (secondary N) is 1. The summed E-state index contributed by atoms with van der Waals surface area (Å²) in [4.78, 5) is 24.7. The van der Waals surface area contributed by atoms with Crippen LogP contribution in [0.25, 0.3) is 0 Å². The fraction of sp³-hybridized carbons (Fsp3) is 0.263. The summed E-state index contributed by atoms with van der Waals surface area (Å²) in [6.07, 6.45) is -1.18. The lowest BCUT2D eigenvalue weighted by Crippen LogP contribution is -2.29. The number of hydrogen-bond acceptors (Lipinski definition) is 4. The van der Waals surface area contributed by atoms with Gasteiger partial charge in [-0.1, -0.05) is 12.1 Å². The zero-order valence-electron chi connectivity index (χ0n) is 14.6. The van der Waals surface area contributed by atoms with Gasteiger partial charge in [0.25, 0.3) is 0 Å². The van der Waals surface area contributed by atoms with Gasteiger partial charge in [0, 0.05) is 18.8 Å². The number of nitrogens with zero attached hydrogens (tertiary/aromatic N) is 1. The average Bonchev–Trinajstić information content (AvgIpc) is 3.00. The molecule has 1 fully saturated rings. The van der Waals surface area contributed by atoms with E-state index in [0.717, 1.165) is 0 Å². The maximum atomic E-state index is 14.3. The largest absolute Gasteiger partial charge is 0.486 e. The van der Waals surface area contributed by atoms with E-state index in [1.54, 1.807) is 18.2 Å². The molecule has 0 bridgehead atoms. The van der Waals surface area contributed by atoms with Gasteiger partial charge in [-0.15, -0.1) is 0 Å². The lowest BCUT2D eigenvalue weighted by Gasteiger charge is -2.18. The van der Waals surface area contributed by atoms with Gasteiger partial charge in [0.1, 0.15) is 18.5 Å². The molecule has 1 N–H and O–H groups in total. The van der Waals surface area contributed by atoms with E-state index in [4.69, 9.17) is 9.47 Å². The van der Waals surface area contributed by atoms with Crippen LogP contribution in [0.2, 0.25) is 0 Å². The van der Waals surface area contributed by atoms with E-state index in [1.807, 2.05) is 0 Å². The van der Waals surface area contributed by atoms with Crippen molar-refractivity contribution < 1.29 is 27.8 Å². The number of carbonyl (C=O) groups excluding carboxylic acids is 2. The fourth-order valence-electron chi connectivity index (χ4n) is 2.78. The first-order chi connectivity index (χ1) is 13.0. The lowest BCUT2D eigenvalue weighted by molar-refractivity contribution is -0.117. The molecule has 0 spiro atoms. The molecule has 1 aliphatic heterocycles. The first-order valence-corrected chi connectivity index (χ1v) is 8.32. The van der Waals surface area contributed by atoms with Gasteiger partial charge in [0.15, 0.2) is 11.6 Å². The van der Waals surface area contributed by atoms with Crippen LogP contribution in [-0.2, 0) is 16.1 Å². The predicted octanol–water partition coefficient (Wildman–Crippen LogP) is 3.01. The first kappa shape index (κ1) is 18.6. The Morgan fingerprint density at radius 3 is 2.78 bits per heavy atom. The SMILES string of the molecule is CNC(=O)OC1CC(=O)N(c2ccc(OCc3cccc(F)c3)c(F)c2)C1. The highest BCUT2D eigenvalue weighted by Gasteiger charge is 2.33. The minimum atomic E-state index is -0.646. The van der Waals surface area contributed by atoms with Gasteiger partial charge in [-0.25, -0.2) is 13.6 Å². The van der Waals surface area contributed by atoms with Crippen LogP contribution in [0.3, 0.4) is 0 Å². The molecule has 0 aliphatic carbocycles. The van der Waals surface area contributed by atoms with Crippen LogP contribution in [0.15, 0.2) is 42.5 Å². The third kappa shape index (κ3) is 4.52. The maximum Gasteiger partial charge on any atom is 0.407 e. The van der Waals surface area contributed by atoms with Crippen LogP contribution in [0.5, 0.6) is 5.75 Å². The smallest absolute Gasteiger partial charge is 0.407 e. The molecule has 8 heteroatoms. The van der Waals surface area contributed by atoms with Crippen LogP contribution >= 0.6 is 0 Å². The number of rotatable bonds is 5. The van der Waals surface area contributed by atoms with E-state index in [0.29, 0.717) is 11.3 Å². The number of anilines is 1. The van der Waals surface area contributed by atoms with Crippen molar-refractivity contribution in [2.75, 3.05) is 18.5 Å². The molecule has 1 heterocycles. The summed E-state index contributed by atoms with van der Waals surface area (Å²) in [5.74, 6) is -1.31. The van der Waals surface area contributed by atoms with Gasteiger partial charge < -0.3 is 19.7 Å². The third-order valence-corrected chi connectivity index (χ3v) is 4.08. The molecule has 1 saturated heterocycles. The Balaban J connectivity index is 1.65. The summed E-state index contributed by atoms with van der Waals surface area (Å²) in [6.45, 7) is 0.161. The number of amides is 2. The predicted molar refractivity (Wildman–Crippen MR) is 93.4 cm³/mol. The number of carbonyl (C=O) groups is 2. The molecule has 2 aromatic carbocycles. The third-order valence-electron chi connectivity index (χ3n) is 4.08. The van der Waals surface area contributed by atoms with Crippen LogP contribution < -0.4 is 15.0 Å². The number of ether oxygens (including phenoxy) is 2. The zero-order chi connectivity index (χ0) is 19.4. The second-order valence-corrected chi connectivity index (χ2v) is 6.02. The highest BCUT2D eigenvalue weighted by molar-refractivity contribution is 5.96. The Bertz CT molecular complexity index is 859. The molecular weight excluding hydrogens is 358 g/mol. The van der Waals surface area contributed by atoms with Crippen molar-refractivity contribution in [3.05, 3.63) is 59.7 Å². The highest BCUT2D eigenvalue weighted by atomic mass is 19.1. The Morgan fingerprint density at radius 2 is 2.07 bits per heavy atom. The molecule has 0 saturated carbocycles. The average molecular weight is 376 g/mol. The minimum Gasteiger partial charge on any atom is -0.486 e. The van der Waals surface area contributed by atoms with Crippen molar-refractivity contribution in [3.8, 4) is 5.75 Å². The van der Waals surface area contributed by atoms with Gasteiger partial charge in [-0.2, -0.15) is 0 Å². The van der Waals surface area contributed by atoms with Gasteiger partial charge in [0.2, 0.25) is 5.91 Å². The van der Waals surface area contributed by atoms with Crippen molar-refractivity contribution in [1.29, 1.82) is 0 Å². The summed E-state index contributed by atoms with van der Waals surface area (Å²) >= 11 is 0. The topological polar surface area (TPSA) is 67.9 Å². The number of halogens is 2. The molecule has 1 unspecified atom stereocenters. The monoisotopic (exact) mass is 376 g/mol. The first-order valence-electron chi connectivity index (χ1n) is 8.32. The second kappa shape index (κ2) is 8.03. The Morgan fingerprint density at radius 1 is 1.26 bits per heavy atom. The summed E-state index contributed by atoms with van der Waals surface area (Å²) in [5.41, 5.74) is 0.918. The Labute approximate surface area is 154 Å². The quantitative estimate of drug-likeness (QED) is 0.871. The molecule has 6 nitrogen and oxygen atoms in total. The second-order valence-electron chi connectivity index (χ2n) is 6.02. The minimum absolute atomic E-state index is 0.00665. The van der Waals surface area contributed by atoms with Gasteiger partial charge in [-0.05, 0) is 29.8 Å². The van der Waals surface area contributed by atoms with Gasteiger partial charge in [-0.3, -0.25) is 4.79 Å². The number of alkyl carbamates (subject to hydrolysis) is 1. The van der Waals surface area contributed by atoms with Crippen molar-refractivity contribution in [2.24, 2.45) is 0 Å².